The first-order valence-electron chi connectivity index (χ1n) is 9.13. The second kappa shape index (κ2) is 9.09. The van der Waals surface area contributed by atoms with Crippen LogP contribution < -0.4 is 5.32 Å². The Labute approximate surface area is 174 Å². The van der Waals surface area contributed by atoms with Gasteiger partial charge in [-0.05, 0) is 29.8 Å². The number of nitrogens with zero attached hydrogens (tertiary/aromatic N) is 2. The fourth-order valence-electron chi connectivity index (χ4n) is 2.89. The summed E-state index contributed by atoms with van der Waals surface area (Å²) in [6.07, 6.45) is -4.92. The molecule has 0 saturated carbocycles. The third-order valence-corrected chi connectivity index (χ3v) is 4.52. The lowest BCUT2D eigenvalue weighted by Crippen LogP contribution is -2.45. The Morgan fingerprint density at radius 2 is 1.74 bits per heavy atom. The van der Waals surface area contributed by atoms with Gasteiger partial charge in [0.05, 0.1) is 29.4 Å². The first kappa shape index (κ1) is 22.2. The van der Waals surface area contributed by atoms with Crippen molar-refractivity contribution in [3.05, 3.63) is 71.5 Å². The normalized spacial score (nSPS) is 13.5. The summed E-state index contributed by atoms with van der Waals surface area (Å²) in [4.78, 5) is 33.2. The lowest BCUT2D eigenvalue weighted by Gasteiger charge is -2.19. The van der Waals surface area contributed by atoms with Crippen LogP contribution in [0.3, 0.4) is 0 Å². The highest BCUT2D eigenvalue weighted by molar-refractivity contribution is 5.87. The average Bonchev–Trinajstić information content (AvgIpc) is 2.77. The molecule has 3 rings (SSSR count). The van der Waals surface area contributed by atoms with E-state index in [4.69, 9.17) is 4.74 Å². The van der Waals surface area contributed by atoms with Crippen LogP contribution in [0.25, 0.3) is 11.0 Å². The van der Waals surface area contributed by atoms with Crippen molar-refractivity contribution >= 4 is 22.9 Å². The molecular formula is C21H18F3N3O4. The van der Waals surface area contributed by atoms with Gasteiger partial charge in [0.2, 0.25) is 0 Å². The van der Waals surface area contributed by atoms with Crippen LogP contribution in [0.1, 0.15) is 22.9 Å². The van der Waals surface area contributed by atoms with E-state index in [1.807, 2.05) is 0 Å². The van der Waals surface area contributed by atoms with E-state index in [0.29, 0.717) is 16.7 Å². The van der Waals surface area contributed by atoms with E-state index in [-0.39, 0.29) is 12.0 Å². The first-order chi connectivity index (χ1) is 14.7. The highest BCUT2D eigenvalue weighted by Gasteiger charge is 2.31. The predicted molar refractivity (Wildman–Crippen MR) is 104 cm³/mol. The summed E-state index contributed by atoms with van der Waals surface area (Å²) in [7, 11) is 1.14. The molecule has 2 atom stereocenters. The zero-order valence-corrected chi connectivity index (χ0v) is 16.3. The maximum atomic E-state index is 12.7. The summed E-state index contributed by atoms with van der Waals surface area (Å²) >= 11 is 0. The van der Waals surface area contributed by atoms with E-state index in [9.17, 15) is 27.9 Å². The van der Waals surface area contributed by atoms with Gasteiger partial charge in [-0.1, -0.05) is 24.3 Å². The topological polar surface area (TPSA) is 101 Å². The van der Waals surface area contributed by atoms with Crippen molar-refractivity contribution in [3.63, 3.8) is 0 Å². The van der Waals surface area contributed by atoms with Gasteiger partial charge in [0.15, 0.2) is 6.10 Å². The van der Waals surface area contributed by atoms with E-state index in [1.165, 1.54) is 6.20 Å². The number of halogens is 3. The fourth-order valence-corrected chi connectivity index (χ4v) is 2.89. The van der Waals surface area contributed by atoms with E-state index >= 15 is 0 Å². The molecular weight excluding hydrogens is 415 g/mol. The zero-order chi connectivity index (χ0) is 22.6. The highest BCUT2D eigenvalue weighted by Crippen LogP contribution is 2.30. The summed E-state index contributed by atoms with van der Waals surface area (Å²) in [5, 5.41) is 12.6. The van der Waals surface area contributed by atoms with Crippen molar-refractivity contribution in [2.75, 3.05) is 7.11 Å². The first-order valence-corrected chi connectivity index (χ1v) is 9.13. The molecule has 3 aromatic rings. The number of fused-ring (bicyclic) bond motifs is 1. The van der Waals surface area contributed by atoms with E-state index < -0.39 is 35.8 Å². The molecule has 0 bridgehead atoms. The summed E-state index contributed by atoms with van der Waals surface area (Å²) in [5.74, 6) is -1.74. The van der Waals surface area contributed by atoms with E-state index in [2.05, 4.69) is 15.3 Å². The van der Waals surface area contributed by atoms with Gasteiger partial charge in [-0.15, -0.1) is 0 Å². The second-order valence-corrected chi connectivity index (χ2v) is 6.66. The van der Waals surface area contributed by atoms with Crippen LogP contribution >= 0.6 is 0 Å². The van der Waals surface area contributed by atoms with Crippen LogP contribution in [0.2, 0.25) is 0 Å². The number of alkyl halides is 3. The number of carbonyl (C=O) groups excluding carboxylic acids is 2. The Balaban J connectivity index is 1.75. The number of aliphatic hydroxyl groups is 1. The Kier molecular flexibility index (Phi) is 6.50. The van der Waals surface area contributed by atoms with Gasteiger partial charge in [-0.2, -0.15) is 13.2 Å². The Morgan fingerprint density at radius 3 is 2.35 bits per heavy atom. The monoisotopic (exact) mass is 433 g/mol. The number of methoxy groups -OCH3 is 1. The number of benzene rings is 2. The quantitative estimate of drug-likeness (QED) is 0.580. The molecule has 1 aromatic heterocycles. The number of aromatic nitrogens is 2. The summed E-state index contributed by atoms with van der Waals surface area (Å²) in [5.41, 5.74) is 0.687. The molecule has 0 unspecified atom stereocenters. The smallest absolute Gasteiger partial charge is 0.416 e. The van der Waals surface area contributed by atoms with Crippen LogP contribution in [-0.2, 0) is 26.9 Å². The number of rotatable bonds is 6. The number of hydrogen-bond donors (Lipinski definition) is 2. The molecule has 0 aliphatic heterocycles. The Hall–Kier alpha value is -3.53. The van der Waals surface area contributed by atoms with Gasteiger partial charge in [-0.3, -0.25) is 9.78 Å². The van der Waals surface area contributed by atoms with Crippen LogP contribution in [0.4, 0.5) is 13.2 Å². The maximum Gasteiger partial charge on any atom is 0.416 e. The number of esters is 1. The van der Waals surface area contributed by atoms with E-state index in [1.54, 1.807) is 24.3 Å². The van der Waals surface area contributed by atoms with Crippen LogP contribution in [0.15, 0.2) is 54.7 Å². The van der Waals surface area contributed by atoms with Gasteiger partial charge >= 0.3 is 12.1 Å². The van der Waals surface area contributed by atoms with Gasteiger partial charge in [-0.25, -0.2) is 9.78 Å². The van der Waals surface area contributed by atoms with Crippen molar-refractivity contribution < 1.29 is 32.6 Å². The average molecular weight is 433 g/mol. The number of hydrogen-bond acceptors (Lipinski definition) is 6. The minimum atomic E-state index is -4.54. The van der Waals surface area contributed by atoms with Crippen LogP contribution in [0.5, 0.6) is 0 Å². The molecule has 0 fully saturated rings. The van der Waals surface area contributed by atoms with Crippen molar-refractivity contribution in [1.82, 2.24) is 15.3 Å². The SMILES string of the molecule is COC(=O)[C@H](Cc1cnc2ccccc2n1)NC(=O)[C@@H](O)c1ccc(C(F)(F)F)cc1. The molecule has 2 aromatic carbocycles. The number of nitrogens with one attached hydrogen (secondary N) is 1. The molecule has 7 nitrogen and oxygen atoms in total. The van der Waals surface area contributed by atoms with Crippen molar-refractivity contribution in [1.29, 1.82) is 0 Å². The van der Waals surface area contributed by atoms with Crippen molar-refractivity contribution in [2.45, 2.75) is 24.7 Å². The lowest BCUT2D eigenvalue weighted by molar-refractivity contribution is -0.146. The van der Waals surface area contributed by atoms with Gasteiger partial charge in [0, 0.05) is 12.6 Å². The number of carbonyl (C=O) groups is 2. The maximum absolute atomic E-state index is 12.7. The molecule has 162 valence electrons. The molecule has 0 aliphatic carbocycles. The molecule has 2 N–H and O–H groups in total. The second-order valence-electron chi connectivity index (χ2n) is 6.66. The highest BCUT2D eigenvalue weighted by atomic mass is 19.4. The third kappa shape index (κ3) is 5.34. The number of aliphatic hydroxyl groups excluding tert-OH is 1. The van der Waals surface area contributed by atoms with Gasteiger partial charge in [0.1, 0.15) is 6.04 Å². The molecule has 1 amide bonds. The summed E-state index contributed by atoms with van der Waals surface area (Å²) < 4.78 is 42.7. The number of amides is 1. The standard InChI is InChI=1S/C21H18F3N3O4/c1-31-20(30)17(10-14-11-25-15-4-2-3-5-16(15)26-14)27-19(29)18(28)12-6-8-13(9-7-12)21(22,23)24/h2-9,11,17-18,28H,10H2,1H3,(H,27,29)/t17-,18-/m0/s1. The van der Waals surface area contributed by atoms with Crippen LogP contribution in [0, 0.1) is 0 Å². The zero-order valence-electron chi connectivity index (χ0n) is 16.3. The summed E-state index contributed by atoms with van der Waals surface area (Å²) in [6, 6.07) is 9.42. The Bertz CT molecular complexity index is 1090. The third-order valence-electron chi connectivity index (χ3n) is 4.52. The molecule has 0 aliphatic rings. The fraction of sp³-hybridized carbons (Fsp3) is 0.238. The van der Waals surface area contributed by atoms with Crippen molar-refractivity contribution in [3.8, 4) is 0 Å². The molecule has 1 heterocycles. The molecule has 0 spiro atoms. The minimum Gasteiger partial charge on any atom is -0.467 e. The lowest BCUT2D eigenvalue weighted by atomic mass is 10.0. The van der Waals surface area contributed by atoms with Crippen LogP contribution in [-0.4, -0.2) is 40.1 Å². The summed E-state index contributed by atoms with van der Waals surface area (Å²) in [6.45, 7) is 0. The minimum absolute atomic E-state index is 0.0559. The largest absolute Gasteiger partial charge is 0.467 e. The van der Waals surface area contributed by atoms with Gasteiger partial charge < -0.3 is 15.2 Å². The van der Waals surface area contributed by atoms with Gasteiger partial charge in [0.25, 0.3) is 5.91 Å². The molecule has 10 heteroatoms. The molecule has 0 radical (unpaired) electrons. The molecule has 31 heavy (non-hydrogen) atoms. The predicted octanol–water partition coefficient (Wildman–Crippen LogP) is 2.58. The Morgan fingerprint density at radius 1 is 1.10 bits per heavy atom. The van der Waals surface area contributed by atoms with Crippen molar-refractivity contribution in [2.24, 2.45) is 0 Å². The van der Waals surface area contributed by atoms with E-state index in [0.717, 1.165) is 31.4 Å². The number of para-hydroxylation sites is 2. The molecule has 0 saturated heterocycles. The number of ether oxygens (including phenoxy) is 1.